The van der Waals surface area contributed by atoms with Gasteiger partial charge in [0.1, 0.15) is 22.4 Å². The number of sulfonamides is 1. The number of methoxy groups -OCH3 is 1. The van der Waals surface area contributed by atoms with Gasteiger partial charge in [0.2, 0.25) is 15.9 Å². The molecule has 0 bridgehead atoms. The fourth-order valence-corrected chi connectivity index (χ4v) is 3.80. The Morgan fingerprint density at radius 2 is 1.94 bits per heavy atom. The summed E-state index contributed by atoms with van der Waals surface area (Å²) in [5, 5.41) is 13.6. The lowest BCUT2D eigenvalue weighted by atomic mass is 10.1. The zero-order chi connectivity index (χ0) is 22.6. The first-order valence-corrected chi connectivity index (χ1v) is 10.9. The Labute approximate surface area is 179 Å². The number of esters is 1. The molecule has 0 aliphatic carbocycles. The van der Waals surface area contributed by atoms with Crippen molar-refractivity contribution < 1.29 is 27.5 Å². The molecule has 1 atom stereocenters. The second kappa shape index (κ2) is 9.14. The molecule has 0 fully saturated rings. The third kappa shape index (κ3) is 5.01. The molecule has 2 aromatic carbocycles. The van der Waals surface area contributed by atoms with Gasteiger partial charge in [0.05, 0.1) is 19.4 Å². The van der Waals surface area contributed by atoms with Gasteiger partial charge >= 0.3 is 5.97 Å². The van der Waals surface area contributed by atoms with E-state index in [2.05, 4.69) is 10.4 Å². The van der Waals surface area contributed by atoms with Crippen LogP contribution in [0, 0.1) is 0 Å². The first-order valence-electron chi connectivity index (χ1n) is 9.35. The molecule has 10 nitrogen and oxygen atoms in total. The number of nitrogens with zero attached hydrogens (tertiary/aromatic N) is 2. The molecule has 164 valence electrons. The van der Waals surface area contributed by atoms with E-state index in [-0.39, 0.29) is 35.1 Å². The lowest BCUT2D eigenvalue weighted by Crippen LogP contribution is -2.38. The maximum atomic E-state index is 13.0. The van der Waals surface area contributed by atoms with E-state index >= 15 is 0 Å². The Hall–Kier alpha value is -3.44. The van der Waals surface area contributed by atoms with Crippen LogP contribution in [0.2, 0.25) is 0 Å². The average Bonchev–Trinajstić information content (AvgIpc) is 3.20. The number of amides is 1. The van der Waals surface area contributed by atoms with Gasteiger partial charge < -0.3 is 14.8 Å². The molecule has 3 rings (SSSR count). The van der Waals surface area contributed by atoms with Gasteiger partial charge in [-0.3, -0.25) is 9.80 Å². The first kappa shape index (κ1) is 22.2. The van der Waals surface area contributed by atoms with Gasteiger partial charge in [-0.15, -0.1) is 0 Å². The van der Waals surface area contributed by atoms with Crippen molar-refractivity contribution in [3.63, 3.8) is 0 Å². The van der Waals surface area contributed by atoms with Crippen LogP contribution >= 0.6 is 0 Å². The molecule has 1 aliphatic heterocycles. The van der Waals surface area contributed by atoms with Gasteiger partial charge in [-0.25, -0.2) is 18.4 Å². The largest absolute Gasteiger partial charge is 0.495 e. The Kier molecular flexibility index (Phi) is 6.56. The molecule has 0 aromatic heterocycles. The predicted molar refractivity (Wildman–Crippen MR) is 114 cm³/mol. The molecule has 1 aliphatic rings. The highest BCUT2D eigenvalue weighted by molar-refractivity contribution is 7.89. The average molecular weight is 446 g/mol. The molecule has 0 radical (unpaired) electrons. The van der Waals surface area contributed by atoms with E-state index in [4.69, 9.17) is 14.6 Å². The molecular weight excluding hydrogens is 424 g/mol. The van der Waals surface area contributed by atoms with Crippen molar-refractivity contribution in [3.8, 4) is 5.75 Å². The van der Waals surface area contributed by atoms with Crippen molar-refractivity contribution in [3.05, 3.63) is 48.5 Å². The zero-order valence-corrected chi connectivity index (χ0v) is 17.8. The number of benzene rings is 2. The number of para-hydroxylation sites is 1. The smallest absolute Gasteiger partial charge is 0.354 e. The van der Waals surface area contributed by atoms with Crippen molar-refractivity contribution in [1.82, 2.24) is 0 Å². The third-order valence-electron chi connectivity index (χ3n) is 4.48. The van der Waals surface area contributed by atoms with E-state index in [1.165, 1.54) is 30.3 Å². The number of nitrogens with two attached hydrogens (primary N) is 1. The maximum Gasteiger partial charge on any atom is 0.354 e. The summed E-state index contributed by atoms with van der Waals surface area (Å²) in [7, 11) is -2.76. The molecule has 0 saturated carbocycles. The van der Waals surface area contributed by atoms with Gasteiger partial charge in [-0.2, -0.15) is 5.10 Å². The molecule has 2 aromatic rings. The third-order valence-corrected chi connectivity index (χ3v) is 5.41. The number of hydrogen-bond donors (Lipinski definition) is 2. The van der Waals surface area contributed by atoms with Gasteiger partial charge in [0.15, 0.2) is 0 Å². The number of hydrazone groups is 1. The Morgan fingerprint density at radius 1 is 1.23 bits per heavy atom. The second-order valence-electron chi connectivity index (χ2n) is 6.57. The summed E-state index contributed by atoms with van der Waals surface area (Å²) in [6, 6.07) is 12.1. The number of carbonyl (C=O) groups excluding carboxylic acids is 2. The highest BCUT2D eigenvalue weighted by atomic mass is 32.2. The van der Waals surface area contributed by atoms with Crippen LogP contribution < -0.4 is 20.2 Å². The van der Waals surface area contributed by atoms with E-state index < -0.39 is 27.9 Å². The van der Waals surface area contributed by atoms with Crippen LogP contribution in [0.3, 0.4) is 0 Å². The van der Waals surface area contributed by atoms with Crippen LogP contribution in [0.15, 0.2) is 58.5 Å². The van der Waals surface area contributed by atoms with Gasteiger partial charge in [0.25, 0.3) is 0 Å². The minimum Gasteiger partial charge on any atom is -0.495 e. The number of nitrogens with one attached hydrogen (secondary N) is 1. The number of anilines is 2. The van der Waals surface area contributed by atoms with Gasteiger partial charge in [-0.1, -0.05) is 18.2 Å². The van der Waals surface area contributed by atoms with Crippen molar-refractivity contribution >= 4 is 39.0 Å². The summed E-state index contributed by atoms with van der Waals surface area (Å²) in [5.74, 6) is -1.03. The van der Waals surface area contributed by atoms with Crippen molar-refractivity contribution in [2.24, 2.45) is 10.2 Å². The molecule has 1 amide bonds. The molecule has 11 heteroatoms. The number of hydrogen-bond acceptors (Lipinski definition) is 8. The summed E-state index contributed by atoms with van der Waals surface area (Å²) in [4.78, 5) is 25.0. The fourth-order valence-electron chi connectivity index (χ4n) is 3.07. The van der Waals surface area contributed by atoms with E-state index in [0.717, 1.165) is 0 Å². The summed E-state index contributed by atoms with van der Waals surface area (Å²) in [6.45, 7) is 1.86. The fraction of sp³-hybridized carbons (Fsp3) is 0.250. The van der Waals surface area contributed by atoms with Crippen LogP contribution in [-0.4, -0.2) is 45.8 Å². The Bertz CT molecular complexity index is 1120. The SMILES string of the molecule is CCOC(=O)C1=NN(c2ccccc2)C(C(=O)Nc2ccc(OC)c(S(N)(=O)=O)c2)C1. The lowest BCUT2D eigenvalue weighted by Gasteiger charge is -2.23. The Balaban J connectivity index is 1.89. The number of rotatable bonds is 7. The standard InChI is InChI=1S/C20H22N4O6S/c1-3-30-20(26)15-12-16(24(23-15)14-7-5-4-6-8-14)19(25)22-13-9-10-17(29-2)18(11-13)31(21,27)28/h4-11,16H,3,12H2,1-2H3,(H,22,25)(H2,21,27,28). The van der Waals surface area contributed by atoms with Crippen LogP contribution in [0.25, 0.3) is 0 Å². The summed E-state index contributed by atoms with van der Waals surface area (Å²) >= 11 is 0. The van der Waals surface area contributed by atoms with E-state index in [1.807, 2.05) is 6.07 Å². The normalized spacial score (nSPS) is 15.9. The molecule has 31 heavy (non-hydrogen) atoms. The van der Waals surface area contributed by atoms with Crippen molar-refractivity contribution in [2.75, 3.05) is 24.0 Å². The summed E-state index contributed by atoms with van der Waals surface area (Å²) in [6.07, 6.45) is 0.0256. The molecule has 1 heterocycles. The minimum absolute atomic E-state index is 0.0256. The van der Waals surface area contributed by atoms with E-state index in [0.29, 0.717) is 5.69 Å². The highest BCUT2D eigenvalue weighted by Crippen LogP contribution is 2.28. The van der Waals surface area contributed by atoms with E-state index in [9.17, 15) is 18.0 Å². The summed E-state index contributed by atoms with van der Waals surface area (Å²) in [5.41, 5.74) is 0.931. The number of ether oxygens (including phenoxy) is 2. The van der Waals surface area contributed by atoms with Crippen molar-refractivity contribution in [1.29, 1.82) is 0 Å². The van der Waals surface area contributed by atoms with Crippen molar-refractivity contribution in [2.45, 2.75) is 24.3 Å². The molecule has 0 spiro atoms. The second-order valence-corrected chi connectivity index (χ2v) is 8.10. The summed E-state index contributed by atoms with van der Waals surface area (Å²) < 4.78 is 33.7. The molecule has 3 N–H and O–H groups in total. The zero-order valence-electron chi connectivity index (χ0n) is 16.9. The van der Waals surface area contributed by atoms with Crippen LogP contribution in [0.1, 0.15) is 13.3 Å². The van der Waals surface area contributed by atoms with E-state index in [1.54, 1.807) is 31.2 Å². The van der Waals surface area contributed by atoms with Crippen LogP contribution in [-0.2, 0) is 24.3 Å². The predicted octanol–water partition coefficient (Wildman–Crippen LogP) is 1.48. The van der Waals surface area contributed by atoms with Crippen LogP contribution in [0.4, 0.5) is 11.4 Å². The van der Waals surface area contributed by atoms with Gasteiger partial charge in [0, 0.05) is 12.1 Å². The minimum atomic E-state index is -4.07. The maximum absolute atomic E-state index is 13.0. The number of carbonyl (C=O) groups is 2. The molecular formula is C20H22N4O6S. The molecule has 0 saturated heterocycles. The highest BCUT2D eigenvalue weighted by Gasteiger charge is 2.37. The molecule has 1 unspecified atom stereocenters. The Morgan fingerprint density at radius 3 is 2.55 bits per heavy atom. The monoisotopic (exact) mass is 446 g/mol. The quantitative estimate of drug-likeness (QED) is 0.614. The first-order chi connectivity index (χ1) is 14.7. The van der Waals surface area contributed by atoms with Crippen LogP contribution in [0.5, 0.6) is 5.75 Å². The van der Waals surface area contributed by atoms with Gasteiger partial charge in [-0.05, 0) is 37.3 Å². The lowest BCUT2D eigenvalue weighted by molar-refractivity contribution is -0.135. The topological polar surface area (TPSA) is 140 Å². The number of primary sulfonamides is 1.